The Labute approximate surface area is 137 Å². The van der Waals surface area contributed by atoms with E-state index in [1.165, 1.54) is 18.4 Å². The lowest BCUT2D eigenvalue weighted by Crippen LogP contribution is -2.39. The molecule has 0 spiro atoms. The average molecular weight is 341 g/mol. The molecule has 4 nitrogen and oxygen atoms in total. The highest BCUT2D eigenvalue weighted by Crippen LogP contribution is 2.30. The lowest BCUT2D eigenvalue weighted by molar-refractivity contribution is -0.137. The standard InChI is InChI=1S/C17H18F3NO3/c1-3-13(21-16(23)15-10(2)8-9-24-15)14(22)11-4-6-12(7-5-11)17(18,19)20/h4-9,13-14,22H,3H2,1-2H3,(H,21,23). The minimum absolute atomic E-state index is 0.146. The maximum atomic E-state index is 12.6. The molecule has 1 aromatic carbocycles. The van der Waals surface area contributed by atoms with Gasteiger partial charge in [-0.2, -0.15) is 13.2 Å². The quantitative estimate of drug-likeness (QED) is 0.868. The van der Waals surface area contributed by atoms with E-state index >= 15 is 0 Å². The second-order valence-electron chi connectivity index (χ2n) is 5.49. The van der Waals surface area contributed by atoms with Crippen LogP contribution in [0.3, 0.4) is 0 Å². The third-order valence-corrected chi connectivity index (χ3v) is 3.79. The van der Waals surface area contributed by atoms with Crippen molar-refractivity contribution in [3.8, 4) is 0 Å². The molecule has 0 bridgehead atoms. The van der Waals surface area contributed by atoms with E-state index < -0.39 is 29.8 Å². The highest BCUT2D eigenvalue weighted by Gasteiger charge is 2.31. The van der Waals surface area contributed by atoms with Crippen molar-refractivity contribution in [2.24, 2.45) is 0 Å². The summed E-state index contributed by atoms with van der Waals surface area (Å²) in [5.74, 6) is -0.330. The number of aryl methyl sites for hydroxylation is 1. The van der Waals surface area contributed by atoms with Gasteiger partial charge in [0.25, 0.3) is 5.91 Å². The number of alkyl halides is 3. The number of hydrogen-bond acceptors (Lipinski definition) is 3. The Kier molecular flexibility index (Phi) is 5.33. The Morgan fingerprint density at radius 3 is 2.33 bits per heavy atom. The summed E-state index contributed by atoms with van der Waals surface area (Å²) < 4.78 is 42.8. The van der Waals surface area contributed by atoms with E-state index in [4.69, 9.17) is 4.42 Å². The van der Waals surface area contributed by atoms with Gasteiger partial charge < -0.3 is 14.8 Å². The number of carbonyl (C=O) groups is 1. The van der Waals surface area contributed by atoms with Crippen molar-refractivity contribution in [3.63, 3.8) is 0 Å². The fraction of sp³-hybridized carbons (Fsp3) is 0.353. The number of aliphatic hydroxyl groups excluding tert-OH is 1. The average Bonchev–Trinajstić information content (AvgIpc) is 2.97. The Morgan fingerprint density at radius 1 is 1.25 bits per heavy atom. The fourth-order valence-corrected chi connectivity index (χ4v) is 2.35. The van der Waals surface area contributed by atoms with Gasteiger partial charge in [0.15, 0.2) is 5.76 Å². The molecule has 0 radical (unpaired) electrons. The van der Waals surface area contributed by atoms with E-state index in [1.807, 2.05) is 0 Å². The predicted octanol–water partition coefficient (Wildman–Crippen LogP) is 3.85. The number of rotatable bonds is 5. The first kappa shape index (κ1) is 18.1. The van der Waals surface area contributed by atoms with Gasteiger partial charge in [-0.15, -0.1) is 0 Å². The molecule has 0 fully saturated rings. The van der Waals surface area contributed by atoms with Gasteiger partial charge in [0.05, 0.1) is 24.0 Å². The van der Waals surface area contributed by atoms with Gasteiger partial charge in [-0.1, -0.05) is 19.1 Å². The first-order chi connectivity index (χ1) is 11.2. The van der Waals surface area contributed by atoms with Gasteiger partial charge in [-0.05, 0) is 37.1 Å². The molecule has 2 atom stereocenters. The largest absolute Gasteiger partial charge is 0.459 e. The highest BCUT2D eigenvalue weighted by molar-refractivity contribution is 5.93. The highest BCUT2D eigenvalue weighted by atomic mass is 19.4. The first-order valence-electron chi connectivity index (χ1n) is 7.44. The zero-order chi connectivity index (χ0) is 17.9. The number of hydrogen-bond donors (Lipinski definition) is 2. The smallest absolute Gasteiger partial charge is 0.416 e. The number of nitrogens with one attached hydrogen (secondary N) is 1. The summed E-state index contributed by atoms with van der Waals surface area (Å²) in [4.78, 5) is 12.2. The predicted molar refractivity (Wildman–Crippen MR) is 81.4 cm³/mol. The fourth-order valence-electron chi connectivity index (χ4n) is 2.35. The van der Waals surface area contributed by atoms with Crippen molar-refractivity contribution < 1.29 is 27.5 Å². The number of amides is 1. The molecule has 1 amide bonds. The molecule has 2 rings (SSSR count). The molecule has 130 valence electrons. The third kappa shape index (κ3) is 3.97. The van der Waals surface area contributed by atoms with Crippen LogP contribution in [0.2, 0.25) is 0 Å². The van der Waals surface area contributed by atoms with Crippen LogP contribution in [0.25, 0.3) is 0 Å². The molecule has 0 aliphatic rings. The first-order valence-corrected chi connectivity index (χ1v) is 7.44. The molecule has 0 saturated heterocycles. The van der Waals surface area contributed by atoms with Gasteiger partial charge in [0.2, 0.25) is 0 Å². The number of furan rings is 1. The minimum Gasteiger partial charge on any atom is -0.459 e. The van der Waals surface area contributed by atoms with E-state index in [9.17, 15) is 23.1 Å². The molecular formula is C17H18F3NO3. The third-order valence-electron chi connectivity index (χ3n) is 3.79. The Morgan fingerprint density at radius 2 is 1.88 bits per heavy atom. The van der Waals surface area contributed by atoms with Crippen molar-refractivity contribution >= 4 is 5.91 Å². The van der Waals surface area contributed by atoms with Crippen LogP contribution in [0.15, 0.2) is 41.0 Å². The Bertz CT molecular complexity index is 692. The van der Waals surface area contributed by atoms with Crippen LogP contribution in [0.1, 0.15) is 46.7 Å². The van der Waals surface area contributed by atoms with Crippen LogP contribution in [0, 0.1) is 6.92 Å². The van der Waals surface area contributed by atoms with Crippen LogP contribution in [0.4, 0.5) is 13.2 Å². The van der Waals surface area contributed by atoms with Gasteiger partial charge >= 0.3 is 6.18 Å². The summed E-state index contributed by atoms with van der Waals surface area (Å²) in [6.07, 6.45) is -3.78. The van der Waals surface area contributed by atoms with E-state index in [-0.39, 0.29) is 5.76 Å². The van der Waals surface area contributed by atoms with Gasteiger partial charge in [-0.25, -0.2) is 0 Å². The van der Waals surface area contributed by atoms with Gasteiger partial charge in [-0.3, -0.25) is 4.79 Å². The topological polar surface area (TPSA) is 62.5 Å². The van der Waals surface area contributed by atoms with Gasteiger partial charge in [0, 0.05) is 5.56 Å². The van der Waals surface area contributed by atoms with Crippen molar-refractivity contribution in [1.82, 2.24) is 5.32 Å². The van der Waals surface area contributed by atoms with Gasteiger partial charge in [0.1, 0.15) is 0 Å². The molecule has 2 unspecified atom stereocenters. The van der Waals surface area contributed by atoms with Crippen LogP contribution >= 0.6 is 0 Å². The minimum atomic E-state index is -4.43. The maximum Gasteiger partial charge on any atom is 0.416 e. The van der Waals surface area contributed by atoms with Crippen LogP contribution in [-0.2, 0) is 6.18 Å². The van der Waals surface area contributed by atoms with Crippen molar-refractivity contribution in [2.45, 2.75) is 38.6 Å². The lowest BCUT2D eigenvalue weighted by atomic mass is 9.99. The number of benzene rings is 1. The Balaban J connectivity index is 2.12. The summed E-state index contributed by atoms with van der Waals surface area (Å²) in [7, 11) is 0. The van der Waals surface area contributed by atoms with Crippen LogP contribution < -0.4 is 5.32 Å². The number of halogens is 3. The second-order valence-corrected chi connectivity index (χ2v) is 5.49. The van der Waals surface area contributed by atoms with E-state index in [0.717, 1.165) is 12.1 Å². The SMILES string of the molecule is CCC(NC(=O)c1occc1C)C(O)c1ccc(C(F)(F)F)cc1. The van der Waals surface area contributed by atoms with Crippen LogP contribution in [-0.4, -0.2) is 17.1 Å². The van der Waals surface area contributed by atoms with E-state index in [1.54, 1.807) is 19.9 Å². The molecule has 0 aliphatic heterocycles. The molecule has 1 aromatic heterocycles. The zero-order valence-corrected chi connectivity index (χ0v) is 13.2. The van der Waals surface area contributed by atoms with Crippen molar-refractivity contribution in [3.05, 3.63) is 59.0 Å². The molecule has 7 heteroatoms. The normalized spacial score (nSPS) is 14.2. The second kappa shape index (κ2) is 7.09. The van der Waals surface area contributed by atoms with E-state index in [2.05, 4.69) is 5.32 Å². The number of carbonyl (C=O) groups excluding carboxylic acids is 1. The zero-order valence-electron chi connectivity index (χ0n) is 13.2. The van der Waals surface area contributed by atoms with Crippen LogP contribution in [0.5, 0.6) is 0 Å². The Hall–Kier alpha value is -2.28. The lowest BCUT2D eigenvalue weighted by Gasteiger charge is -2.23. The summed E-state index contributed by atoms with van der Waals surface area (Å²) >= 11 is 0. The number of aliphatic hydroxyl groups is 1. The molecule has 0 saturated carbocycles. The summed E-state index contributed by atoms with van der Waals surface area (Å²) in [6.45, 7) is 3.47. The molecule has 24 heavy (non-hydrogen) atoms. The molecule has 2 aromatic rings. The van der Waals surface area contributed by atoms with Crippen molar-refractivity contribution in [2.75, 3.05) is 0 Å². The molecular weight excluding hydrogens is 323 g/mol. The molecule has 2 N–H and O–H groups in total. The summed E-state index contributed by atoms with van der Waals surface area (Å²) in [5.41, 5.74) is 0.166. The summed E-state index contributed by atoms with van der Waals surface area (Å²) in [5, 5.41) is 13.0. The molecule has 1 heterocycles. The summed E-state index contributed by atoms with van der Waals surface area (Å²) in [6, 6.07) is 5.22. The van der Waals surface area contributed by atoms with E-state index in [0.29, 0.717) is 17.5 Å². The monoisotopic (exact) mass is 341 g/mol. The molecule has 0 aliphatic carbocycles. The maximum absolute atomic E-state index is 12.6. The van der Waals surface area contributed by atoms with Crippen molar-refractivity contribution in [1.29, 1.82) is 0 Å².